The van der Waals surface area contributed by atoms with Crippen LogP contribution >= 0.6 is 31.9 Å². The fourth-order valence-corrected chi connectivity index (χ4v) is 2.22. The summed E-state index contributed by atoms with van der Waals surface area (Å²) in [5.74, 6) is 0.883. The molecule has 1 aliphatic heterocycles. The minimum absolute atomic E-state index is 0.105. The Hall–Kier alpha value is -0.0600. The van der Waals surface area contributed by atoms with Gasteiger partial charge < -0.3 is 10.5 Å². The first-order valence-electron chi connectivity index (χ1n) is 4.06. The van der Waals surface area contributed by atoms with Crippen molar-refractivity contribution in [1.82, 2.24) is 0 Å². The molecule has 1 aromatic rings. The van der Waals surface area contributed by atoms with Crippen LogP contribution in [0.1, 0.15) is 18.0 Å². The summed E-state index contributed by atoms with van der Waals surface area (Å²) in [6.07, 6.45) is 0.890. The second kappa shape index (κ2) is 3.59. The average molecular weight is 307 g/mol. The minimum Gasteiger partial charge on any atom is -0.492 e. The normalized spacial score (nSPS) is 20.7. The molecule has 1 atom stereocenters. The standard InChI is InChI=1S/C9H9Br2NO/c10-6-2-1-5-7(12)3-4-13-9(5)8(6)11/h1-2,7H,3-4,12H2. The minimum atomic E-state index is 0.105. The van der Waals surface area contributed by atoms with Gasteiger partial charge in [0.2, 0.25) is 0 Å². The zero-order chi connectivity index (χ0) is 9.42. The first kappa shape index (κ1) is 9.49. The van der Waals surface area contributed by atoms with Crippen LogP contribution in [0.3, 0.4) is 0 Å². The van der Waals surface area contributed by atoms with Gasteiger partial charge in [-0.2, -0.15) is 0 Å². The zero-order valence-electron chi connectivity index (χ0n) is 6.89. The first-order chi connectivity index (χ1) is 6.20. The van der Waals surface area contributed by atoms with Crippen LogP contribution in [0.15, 0.2) is 21.1 Å². The van der Waals surface area contributed by atoms with E-state index in [-0.39, 0.29) is 6.04 Å². The van der Waals surface area contributed by atoms with Crippen LogP contribution in [0, 0.1) is 0 Å². The van der Waals surface area contributed by atoms with Crippen LogP contribution in [0.4, 0.5) is 0 Å². The van der Waals surface area contributed by atoms with Crippen molar-refractivity contribution in [2.45, 2.75) is 12.5 Å². The molecule has 13 heavy (non-hydrogen) atoms. The molecule has 4 heteroatoms. The summed E-state index contributed by atoms with van der Waals surface area (Å²) < 4.78 is 7.51. The highest BCUT2D eigenvalue weighted by Gasteiger charge is 2.21. The number of ether oxygens (including phenoxy) is 1. The van der Waals surface area contributed by atoms with E-state index in [9.17, 15) is 0 Å². The number of rotatable bonds is 0. The molecule has 0 amide bonds. The Morgan fingerprint density at radius 2 is 2.15 bits per heavy atom. The predicted molar refractivity (Wildman–Crippen MR) is 58.9 cm³/mol. The first-order valence-corrected chi connectivity index (χ1v) is 5.65. The van der Waals surface area contributed by atoms with Crippen molar-refractivity contribution in [2.24, 2.45) is 5.73 Å². The third kappa shape index (κ3) is 1.63. The van der Waals surface area contributed by atoms with E-state index >= 15 is 0 Å². The molecule has 1 aliphatic rings. The number of nitrogens with two attached hydrogens (primary N) is 1. The number of fused-ring (bicyclic) bond motifs is 1. The molecule has 0 bridgehead atoms. The molecule has 0 spiro atoms. The fraction of sp³-hybridized carbons (Fsp3) is 0.333. The Balaban J connectivity index is 2.56. The van der Waals surface area contributed by atoms with Gasteiger partial charge in [0, 0.05) is 22.5 Å². The lowest BCUT2D eigenvalue weighted by Gasteiger charge is -2.24. The van der Waals surface area contributed by atoms with E-state index in [4.69, 9.17) is 10.5 Å². The van der Waals surface area contributed by atoms with Crippen LogP contribution in [0.2, 0.25) is 0 Å². The van der Waals surface area contributed by atoms with E-state index in [1.165, 1.54) is 0 Å². The molecule has 2 N–H and O–H groups in total. The Bertz CT molecular complexity index is 341. The van der Waals surface area contributed by atoms with Gasteiger partial charge in [0.1, 0.15) is 5.75 Å². The molecule has 0 saturated heterocycles. The molecular formula is C9H9Br2NO. The van der Waals surface area contributed by atoms with Crippen molar-refractivity contribution < 1.29 is 4.74 Å². The van der Waals surface area contributed by atoms with E-state index in [0.29, 0.717) is 6.61 Å². The number of halogens is 2. The van der Waals surface area contributed by atoms with Crippen molar-refractivity contribution in [1.29, 1.82) is 0 Å². The van der Waals surface area contributed by atoms with E-state index in [1.807, 2.05) is 12.1 Å². The van der Waals surface area contributed by atoms with Gasteiger partial charge in [0.25, 0.3) is 0 Å². The van der Waals surface area contributed by atoms with Gasteiger partial charge in [-0.15, -0.1) is 0 Å². The van der Waals surface area contributed by atoms with Crippen LogP contribution < -0.4 is 10.5 Å². The highest BCUT2D eigenvalue weighted by Crippen LogP contribution is 2.40. The zero-order valence-corrected chi connectivity index (χ0v) is 10.1. The van der Waals surface area contributed by atoms with E-state index in [2.05, 4.69) is 31.9 Å². The summed E-state index contributed by atoms with van der Waals surface area (Å²) in [5, 5.41) is 0. The lowest BCUT2D eigenvalue weighted by Crippen LogP contribution is -2.20. The van der Waals surface area contributed by atoms with Crippen molar-refractivity contribution in [3.8, 4) is 5.75 Å². The van der Waals surface area contributed by atoms with Gasteiger partial charge >= 0.3 is 0 Å². The van der Waals surface area contributed by atoms with Crippen LogP contribution in [-0.2, 0) is 0 Å². The van der Waals surface area contributed by atoms with Crippen LogP contribution in [0.5, 0.6) is 5.75 Å². The molecule has 70 valence electrons. The van der Waals surface area contributed by atoms with Gasteiger partial charge in [-0.25, -0.2) is 0 Å². The van der Waals surface area contributed by atoms with Crippen LogP contribution in [0.25, 0.3) is 0 Å². The maximum atomic E-state index is 5.95. The largest absolute Gasteiger partial charge is 0.492 e. The molecule has 2 nitrogen and oxygen atoms in total. The molecule has 0 radical (unpaired) electrons. The topological polar surface area (TPSA) is 35.2 Å². The summed E-state index contributed by atoms with van der Waals surface area (Å²) in [6.45, 7) is 0.698. The molecule has 0 saturated carbocycles. The summed E-state index contributed by atoms with van der Waals surface area (Å²) >= 11 is 6.89. The molecule has 2 rings (SSSR count). The third-order valence-corrected chi connectivity index (χ3v) is 4.14. The predicted octanol–water partition coefficient (Wildman–Crippen LogP) is 2.99. The molecular weight excluding hydrogens is 298 g/mol. The van der Waals surface area contributed by atoms with Crippen molar-refractivity contribution in [3.63, 3.8) is 0 Å². The lowest BCUT2D eigenvalue weighted by atomic mass is 10.0. The van der Waals surface area contributed by atoms with Crippen molar-refractivity contribution in [2.75, 3.05) is 6.61 Å². The highest BCUT2D eigenvalue weighted by atomic mass is 79.9. The summed E-state index contributed by atoms with van der Waals surface area (Å²) in [6, 6.07) is 4.10. The smallest absolute Gasteiger partial charge is 0.139 e. The maximum absolute atomic E-state index is 5.95. The van der Waals surface area contributed by atoms with Crippen molar-refractivity contribution >= 4 is 31.9 Å². The van der Waals surface area contributed by atoms with Crippen molar-refractivity contribution in [3.05, 3.63) is 26.6 Å². The van der Waals surface area contributed by atoms with Gasteiger partial charge in [0.05, 0.1) is 11.1 Å². The molecule has 1 heterocycles. The quantitative estimate of drug-likeness (QED) is 0.800. The Morgan fingerprint density at radius 1 is 1.38 bits per heavy atom. The Morgan fingerprint density at radius 3 is 2.92 bits per heavy atom. The lowest BCUT2D eigenvalue weighted by molar-refractivity contribution is 0.267. The van der Waals surface area contributed by atoms with E-state index in [1.54, 1.807) is 0 Å². The molecule has 1 aromatic carbocycles. The second-order valence-corrected chi connectivity index (χ2v) is 4.67. The monoisotopic (exact) mass is 305 g/mol. The third-order valence-electron chi connectivity index (χ3n) is 2.16. The Kier molecular flexibility index (Phi) is 2.62. The number of hydrogen-bond acceptors (Lipinski definition) is 2. The van der Waals surface area contributed by atoms with Gasteiger partial charge in [-0.05, 0) is 37.9 Å². The van der Waals surface area contributed by atoms with E-state index in [0.717, 1.165) is 26.7 Å². The molecule has 0 fully saturated rings. The SMILES string of the molecule is NC1CCOc2c1ccc(Br)c2Br. The average Bonchev–Trinajstić information content (AvgIpc) is 2.12. The summed E-state index contributed by atoms with van der Waals surface area (Å²) in [7, 11) is 0. The number of hydrogen-bond donors (Lipinski definition) is 1. The van der Waals surface area contributed by atoms with Gasteiger partial charge in [-0.1, -0.05) is 6.07 Å². The maximum Gasteiger partial charge on any atom is 0.139 e. The second-order valence-electron chi connectivity index (χ2n) is 3.02. The summed E-state index contributed by atoms with van der Waals surface area (Å²) in [5.41, 5.74) is 7.03. The summed E-state index contributed by atoms with van der Waals surface area (Å²) in [4.78, 5) is 0. The Labute approximate surface area is 93.7 Å². The van der Waals surface area contributed by atoms with E-state index < -0.39 is 0 Å². The number of benzene rings is 1. The van der Waals surface area contributed by atoms with Gasteiger partial charge in [-0.3, -0.25) is 0 Å². The molecule has 0 aliphatic carbocycles. The fourth-order valence-electron chi connectivity index (χ4n) is 1.43. The highest BCUT2D eigenvalue weighted by molar-refractivity contribution is 9.13. The molecule has 0 aromatic heterocycles. The van der Waals surface area contributed by atoms with Crippen LogP contribution in [-0.4, -0.2) is 6.61 Å². The van der Waals surface area contributed by atoms with Gasteiger partial charge in [0.15, 0.2) is 0 Å². The molecule has 1 unspecified atom stereocenters.